The molecule has 31 heavy (non-hydrogen) atoms. The smallest absolute Gasteiger partial charge is 0.318 e. The van der Waals surface area contributed by atoms with Gasteiger partial charge in [-0.25, -0.2) is 5.43 Å². The second-order valence-electron chi connectivity index (χ2n) is 7.26. The number of benzene rings is 2. The molecule has 8 heteroatoms. The average molecular weight is 457 g/mol. The van der Waals surface area contributed by atoms with Crippen molar-refractivity contribution >= 4 is 46.9 Å². The molecule has 3 aromatic rings. The summed E-state index contributed by atoms with van der Waals surface area (Å²) in [5.74, 6) is -1.65. The number of hydrogen-bond acceptors (Lipinski definition) is 3. The van der Waals surface area contributed by atoms with Crippen LogP contribution in [-0.2, 0) is 9.59 Å². The van der Waals surface area contributed by atoms with E-state index < -0.39 is 11.8 Å². The zero-order valence-electron chi connectivity index (χ0n) is 17.6. The van der Waals surface area contributed by atoms with Gasteiger partial charge in [0.05, 0.1) is 21.9 Å². The predicted molar refractivity (Wildman–Crippen MR) is 126 cm³/mol. The van der Waals surface area contributed by atoms with Crippen LogP contribution in [-0.4, -0.2) is 22.6 Å². The summed E-state index contributed by atoms with van der Waals surface area (Å²) < 4.78 is 1.95. The van der Waals surface area contributed by atoms with E-state index in [1.54, 1.807) is 18.2 Å². The third kappa shape index (κ3) is 5.16. The molecule has 1 heterocycles. The van der Waals surface area contributed by atoms with E-state index in [0.29, 0.717) is 15.7 Å². The minimum Gasteiger partial charge on any atom is -0.318 e. The van der Waals surface area contributed by atoms with Crippen molar-refractivity contribution in [1.82, 2.24) is 9.99 Å². The minimum atomic E-state index is -0.859. The summed E-state index contributed by atoms with van der Waals surface area (Å²) in [5, 5.41) is 7.42. The number of carbonyl (C=O) groups excluding carboxylic acids is 2. The number of anilines is 1. The maximum Gasteiger partial charge on any atom is 0.329 e. The summed E-state index contributed by atoms with van der Waals surface area (Å²) in [6.07, 6.45) is 1.49. The summed E-state index contributed by atoms with van der Waals surface area (Å²) in [5.41, 5.74) is 8.09. The summed E-state index contributed by atoms with van der Waals surface area (Å²) in [7, 11) is 0. The zero-order chi connectivity index (χ0) is 22.7. The largest absolute Gasteiger partial charge is 0.329 e. The Balaban J connectivity index is 1.72. The third-order valence-corrected chi connectivity index (χ3v) is 5.51. The first-order valence-corrected chi connectivity index (χ1v) is 10.3. The topological polar surface area (TPSA) is 75.5 Å². The molecule has 0 saturated carbocycles. The van der Waals surface area contributed by atoms with E-state index >= 15 is 0 Å². The van der Waals surface area contributed by atoms with E-state index in [1.165, 1.54) is 6.21 Å². The van der Waals surface area contributed by atoms with Crippen LogP contribution in [0.5, 0.6) is 0 Å². The molecule has 0 fully saturated rings. The number of hydrogen-bond donors (Lipinski definition) is 2. The summed E-state index contributed by atoms with van der Waals surface area (Å²) >= 11 is 12.5. The molecular weight excluding hydrogens is 435 g/mol. The van der Waals surface area contributed by atoms with Crippen LogP contribution in [0.15, 0.2) is 47.6 Å². The third-order valence-electron chi connectivity index (χ3n) is 4.70. The van der Waals surface area contributed by atoms with Crippen LogP contribution < -0.4 is 10.7 Å². The molecule has 0 unspecified atom stereocenters. The van der Waals surface area contributed by atoms with Gasteiger partial charge in [-0.05, 0) is 69.2 Å². The van der Waals surface area contributed by atoms with E-state index in [1.807, 2.05) is 56.5 Å². The lowest BCUT2D eigenvalue weighted by atomic mass is 10.1. The molecule has 2 N–H and O–H groups in total. The molecule has 0 radical (unpaired) electrons. The van der Waals surface area contributed by atoms with E-state index in [-0.39, 0.29) is 0 Å². The van der Waals surface area contributed by atoms with Crippen LogP contribution in [0.25, 0.3) is 5.69 Å². The van der Waals surface area contributed by atoms with Gasteiger partial charge in [-0.2, -0.15) is 5.10 Å². The van der Waals surface area contributed by atoms with Crippen molar-refractivity contribution in [2.75, 3.05) is 5.32 Å². The van der Waals surface area contributed by atoms with Gasteiger partial charge in [0, 0.05) is 22.6 Å². The number of amides is 2. The summed E-state index contributed by atoms with van der Waals surface area (Å²) in [4.78, 5) is 24.2. The van der Waals surface area contributed by atoms with E-state index in [4.69, 9.17) is 23.2 Å². The lowest BCUT2D eigenvalue weighted by molar-refractivity contribution is -0.136. The highest BCUT2D eigenvalue weighted by molar-refractivity contribution is 6.43. The van der Waals surface area contributed by atoms with Crippen molar-refractivity contribution < 1.29 is 9.59 Å². The highest BCUT2D eigenvalue weighted by Crippen LogP contribution is 2.31. The first-order valence-electron chi connectivity index (χ1n) is 9.53. The van der Waals surface area contributed by atoms with Gasteiger partial charge < -0.3 is 9.88 Å². The Morgan fingerprint density at radius 3 is 2.32 bits per heavy atom. The predicted octanol–water partition coefficient (Wildman–Crippen LogP) is 5.11. The molecule has 0 aliphatic heterocycles. The van der Waals surface area contributed by atoms with E-state index in [9.17, 15) is 9.59 Å². The van der Waals surface area contributed by atoms with Gasteiger partial charge in [-0.3, -0.25) is 9.59 Å². The molecule has 3 rings (SSSR count). The standard InChI is InChI=1S/C23H22Cl2N4O2/c1-13-8-14(2)10-18(9-13)27-22(30)23(31)28-26-12-17-11-15(3)29(16(17)4)20-7-5-6-19(24)21(20)25/h5-12H,1-4H3,(H,27,30)(H,28,31)/b26-12-. The van der Waals surface area contributed by atoms with Gasteiger partial charge in [0.15, 0.2) is 0 Å². The van der Waals surface area contributed by atoms with E-state index in [0.717, 1.165) is 33.8 Å². The number of nitrogens with zero attached hydrogens (tertiary/aromatic N) is 2. The first-order chi connectivity index (χ1) is 14.7. The summed E-state index contributed by atoms with van der Waals surface area (Å²) in [6.45, 7) is 7.66. The second-order valence-corrected chi connectivity index (χ2v) is 8.05. The normalized spacial score (nSPS) is 11.0. The van der Waals surface area contributed by atoms with Gasteiger partial charge in [-0.1, -0.05) is 35.3 Å². The molecule has 160 valence electrons. The zero-order valence-corrected chi connectivity index (χ0v) is 19.1. The number of carbonyl (C=O) groups is 2. The molecule has 6 nitrogen and oxygen atoms in total. The van der Waals surface area contributed by atoms with Crippen LogP contribution >= 0.6 is 23.2 Å². The van der Waals surface area contributed by atoms with Crippen LogP contribution in [0, 0.1) is 27.7 Å². The molecule has 0 spiro atoms. The van der Waals surface area contributed by atoms with Crippen molar-refractivity contribution in [3.8, 4) is 5.69 Å². The highest BCUT2D eigenvalue weighted by atomic mass is 35.5. The fourth-order valence-electron chi connectivity index (χ4n) is 3.40. The Labute approximate surface area is 190 Å². The number of aryl methyl sites for hydroxylation is 3. The fraction of sp³-hybridized carbons (Fsp3) is 0.174. The van der Waals surface area contributed by atoms with Crippen LogP contribution in [0.1, 0.15) is 28.1 Å². The molecule has 2 amide bonds. The Morgan fingerprint density at radius 2 is 1.65 bits per heavy atom. The van der Waals surface area contributed by atoms with Crippen LogP contribution in [0.2, 0.25) is 10.0 Å². The van der Waals surface area contributed by atoms with Crippen molar-refractivity contribution in [3.63, 3.8) is 0 Å². The van der Waals surface area contributed by atoms with Crippen molar-refractivity contribution in [2.45, 2.75) is 27.7 Å². The van der Waals surface area contributed by atoms with Crippen molar-refractivity contribution in [3.05, 3.63) is 80.6 Å². The van der Waals surface area contributed by atoms with Crippen molar-refractivity contribution in [2.24, 2.45) is 5.10 Å². The Kier molecular flexibility index (Phi) is 6.83. The molecule has 0 aliphatic rings. The molecule has 0 aliphatic carbocycles. The molecule has 0 atom stereocenters. The van der Waals surface area contributed by atoms with Gasteiger partial charge in [0.1, 0.15) is 0 Å². The molecule has 1 aromatic heterocycles. The lowest BCUT2D eigenvalue weighted by Gasteiger charge is -2.12. The van der Waals surface area contributed by atoms with Crippen molar-refractivity contribution in [1.29, 1.82) is 0 Å². The maximum absolute atomic E-state index is 12.1. The SMILES string of the molecule is Cc1cc(C)cc(NC(=O)C(=O)N/N=C\c2cc(C)n(-c3cccc(Cl)c3Cl)c2C)c1. The number of nitrogens with one attached hydrogen (secondary N) is 2. The van der Waals surface area contributed by atoms with Gasteiger partial charge in [0.25, 0.3) is 0 Å². The maximum atomic E-state index is 12.1. The quantitative estimate of drug-likeness (QED) is 0.325. The van der Waals surface area contributed by atoms with Crippen LogP contribution in [0.3, 0.4) is 0 Å². The van der Waals surface area contributed by atoms with Gasteiger partial charge in [-0.15, -0.1) is 0 Å². The summed E-state index contributed by atoms with van der Waals surface area (Å²) in [6, 6.07) is 12.9. The Morgan fingerprint density at radius 1 is 0.968 bits per heavy atom. The van der Waals surface area contributed by atoms with E-state index in [2.05, 4.69) is 15.8 Å². The molecule has 0 bridgehead atoms. The first kappa shape index (κ1) is 22.6. The van der Waals surface area contributed by atoms with Gasteiger partial charge in [0.2, 0.25) is 0 Å². The van der Waals surface area contributed by atoms with Crippen LogP contribution in [0.4, 0.5) is 5.69 Å². The monoisotopic (exact) mass is 456 g/mol. The Bertz CT molecular complexity index is 1180. The Hall–Kier alpha value is -3.09. The average Bonchev–Trinajstić information content (AvgIpc) is 2.96. The molecule has 0 saturated heterocycles. The number of aromatic nitrogens is 1. The number of halogens is 2. The van der Waals surface area contributed by atoms with Gasteiger partial charge >= 0.3 is 11.8 Å². The number of rotatable bonds is 4. The second kappa shape index (κ2) is 9.37. The highest BCUT2D eigenvalue weighted by Gasteiger charge is 2.15. The lowest BCUT2D eigenvalue weighted by Crippen LogP contribution is -2.32. The molecular formula is C23H22Cl2N4O2. The number of hydrazone groups is 1. The minimum absolute atomic E-state index is 0.450. The fourth-order valence-corrected chi connectivity index (χ4v) is 3.78. The molecule has 2 aromatic carbocycles.